The largest absolute Gasteiger partial charge is 0.349 e. The molecular weight excluding hydrogens is 311 g/mol. The smallest absolute Gasteiger partial charge is 0.240 e. The third-order valence-corrected chi connectivity index (χ3v) is 4.12. The Bertz CT molecular complexity index is 800. The lowest BCUT2D eigenvalue weighted by molar-refractivity contribution is -0.124. The van der Waals surface area contributed by atoms with Crippen molar-refractivity contribution in [3.63, 3.8) is 0 Å². The molecule has 1 aromatic heterocycles. The van der Waals surface area contributed by atoms with Crippen molar-refractivity contribution >= 4 is 17.5 Å². The normalized spacial score (nSPS) is 13.8. The van der Waals surface area contributed by atoms with E-state index in [2.05, 4.69) is 10.4 Å². The number of nitrogens with one attached hydrogen (secondary N) is 1. The molecule has 3 rings (SSSR count). The van der Waals surface area contributed by atoms with Gasteiger partial charge in [0.25, 0.3) is 0 Å². The molecule has 0 fully saturated rings. The van der Waals surface area contributed by atoms with Gasteiger partial charge in [-0.3, -0.25) is 19.2 Å². The van der Waals surface area contributed by atoms with Gasteiger partial charge in [0.05, 0.1) is 23.6 Å². The Morgan fingerprint density at radius 2 is 2.17 bits per heavy atom. The van der Waals surface area contributed by atoms with Gasteiger partial charge in [0, 0.05) is 13.5 Å². The third kappa shape index (κ3) is 3.15. The van der Waals surface area contributed by atoms with Crippen LogP contribution in [0.3, 0.4) is 0 Å². The lowest BCUT2D eigenvalue weighted by Crippen LogP contribution is -2.43. The molecule has 0 saturated carbocycles. The molecule has 24 heavy (non-hydrogen) atoms. The quantitative estimate of drug-likeness (QED) is 0.923. The number of amides is 2. The molecule has 2 aromatic rings. The van der Waals surface area contributed by atoms with E-state index in [-0.39, 0.29) is 30.5 Å². The van der Waals surface area contributed by atoms with Gasteiger partial charge >= 0.3 is 0 Å². The zero-order valence-corrected chi connectivity index (χ0v) is 13.7. The number of fused-ring (bicyclic) bond motifs is 1. The molecule has 0 radical (unpaired) electrons. The van der Waals surface area contributed by atoms with Crippen LogP contribution in [-0.4, -0.2) is 28.1 Å². The van der Waals surface area contributed by atoms with E-state index in [4.69, 9.17) is 0 Å². The first-order chi connectivity index (χ1) is 11.5. The van der Waals surface area contributed by atoms with Crippen molar-refractivity contribution in [3.8, 4) is 0 Å². The van der Waals surface area contributed by atoms with Crippen LogP contribution in [-0.2, 0) is 29.6 Å². The first-order valence-electron chi connectivity index (χ1n) is 7.79. The molecule has 1 N–H and O–H groups in total. The standard InChI is InChI=1S/C17H19FN4O2/c1-11-8-13(21(2)20-11)9-19-15(23)10-22-16(24)7-6-12-4-3-5-14(18)17(12)22/h3-5,8H,6-7,9-10H2,1-2H3,(H,19,23). The van der Waals surface area contributed by atoms with Gasteiger partial charge in [-0.2, -0.15) is 5.10 Å². The Balaban J connectivity index is 1.70. The van der Waals surface area contributed by atoms with Crippen LogP contribution < -0.4 is 10.2 Å². The summed E-state index contributed by atoms with van der Waals surface area (Å²) in [5.41, 5.74) is 2.70. The minimum Gasteiger partial charge on any atom is -0.349 e. The highest BCUT2D eigenvalue weighted by Crippen LogP contribution is 2.30. The van der Waals surface area contributed by atoms with Gasteiger partial charge in [-0.1, -0.05) is 12.1 Å². The van der Waals surface area contributed by atoms with Crippen LogP contribution in [0.25, 0.3) is 0 Å². The molecule has 1 aromatic carbocycles. The number of hydrogen-bond donors (Lipinski definition) is 1. The average molecular weight is 330 g/mol. The number of halogens is 1. The lowest BCUT2D eigenvalue weighted by atomic mass is 10.0. The molecule has 1 aliphatic rings. The Morgan fingerprint density at radius 3 is 2.88 bits per heavy atom. The van der Waals surface area contributed by atoms with Crippen LogP contribution in [0.5, 0.6) is 0 Å². The SMILES string of the molecule is Cc1cc(CNC(=O)CN2C(=O)CCc3cccc(F)c32)n(C)n1. The summed E-state index contributed by atoms with van der Waals surface area (Å²) in [4.78, 5) is 25.6. The monoisotopic (exact) mass is 330 g/mol. The van der Waals surface area contributed by atoms with Gasteiger partial charge in [-0.15, -0.1) is 0 Å². The van der Waals surface area contributed by atoms with E-state index < -0.39 is 5.82 Å². The maximum absolute atomic E-state index is 14.1. The predicted molar refractivity (Wildman–Crippen MR) is 86.9 cm³/mol. The van der Waals surface area contributed by atoms with E-state index in [1.807, 2.05) is 13.0 Å². The molecular formula is C17H19FN4O2. The zero-order chi connectivity index (χ0) is 17.3. The highest BCUT2D eigenvalue weighted by atomic mass is 19.1. The van der Waals surface area contributed by atoms with Crippen LogP contribution in [0.2, 0.25) is 0 Å². The van der Waals surface area contributed by atoms with Gasteiger partial charge in [-0.25, -0.2) is 4.39 Å². The molecule has 6 nitrogen and oxygen atoms in total. The van der Waals surface area contributed by atoms with E-state index >= 15 is 0 Å². The summed E-state index contributed by atoms with van der Waals surface area (Å²) in [6, 6.07) is 6.59. The molecule has 0 spiro atoms. The van der Waals surface area contributed by atoms with Crippen molar-refractivity contribution in [1.29, 1.82) is 0 Å². The highest BCUT2D eigenvalue weighted by Gasteiger charge is 2.28. The number of aryl methyl sites for hydroxylation is 3. The van der Waals surface area contributed by atoms with Gasteiger partial charge < -0.3 is 5.32 Å². The van der Waals surface area contributed by atoms with Crippen molar-refractivity contribution in [1.82, 2.24) is 15.1 Å². The van der Waals surface area contributed by atoms with E-state index in [0.29, 0.717) is 13.0 Å². The van der Waals surface area contributed by atoms with Crippen molar-refractivity contribution in [2.24, 2.45) is 7.05 Å². The van der Waals surface area contributed by atoms with Gasteiger partial charge in [0.1, 0.15) is 12.4 Å². The zero-order valence-electron chi connectivity index (χ0n) is 13.7. The summed E-state index contributed by atoms with van der Waals surface area (Å²) >= 11 is 0. The van der Waals surface area contributed by atoms with Crippen LogP contribution in [0.1, 0.15) is 23.4 Å². The number of carbonyl (C=O) groups excluding carboxylic acids is 2. The summed E-state index contributed by atoms with van der Waals surface area (Å²) in [7, 11) is 1.80. The van der Waals surface area contributed by atoms with E-state index in [1.165, 1.54) is 11.0 Å². The molecule has 2 heterocycles. The second kappa shape index (κ2) is 6.43. The maximum atomic E-state index is 14.1. The van der Waals surface area contributed by atoms with Gasteiger partial charge in [0.2, 0.25) is 11.8 Å². The van der Waals surface area contributed by atoms with Crippen LogP contribution in [0, 0.1) is 12.7 Å². The second-order valence-corrected chi connectivity index (χ2v) is 5.90. The maximum Gasteiger partial charge on any atom is 0.240 e. The third-order valence-electron chi connectivity index (χ3n) is 4.12. The molecule has 0 unspecified atom stereocenters. The van der Waals surface area contributed by atoms with Crippen molar-refractivity contribution in [2.45, 2.75) is 26.3 Å². The van der Waals surface area contributed by atoms with Crippen LogP contribution >= 0.6 is 0 Å². The van der Waals surface area contributed by atoms with Crippen LogP contribution in [0.4, 0.5) is 10.1 Å². The van der Waals surface area contributed by atoms with Crippen molar-refractivity contribution < 1.29 is 14.0 Å². The topological polar surface area (TPSA) is 67.2 Å². The Kier molecular flexibility index (Phi) is 4.33. The summed E-state index contributed by atoms with van der Waals surface area (Å²) in [5, 5.41) is 6.96. The fraction of sp³-hybridized carbons (Fsp3) is 0.353. The lowest BCUT2D eigenvalue weighted by Gasteiger charge is -2.29. The predicted octanol–water partition coefficient (Wildman–Crippen LogP) is 1.46. The van der Waals surface area contributed by atoms with E-state index in [0.717, 1.165) is 17.0 Å². The molecule has 0 bridgehead atoms. The average Bonchev–Trinajstić information content (AvgIpc) is 2.86. The molecule has 1 aliphatic heterocycles. The Hall–Kier alpha value is -2.70. The highest BCUT2D eigenvalue weighted by molar-refractivity contribution is 6.01. The molecule has 0 saturated heterocycles. The minimum atomic E-state index is -0.476. The Labute approximate surface area is 139 Å². The van der Waals surface area contributed by atoms with E-state index in [9.17, 15) is 14.0 Å². The first-order valence-corrected chi connectivity index (χ1v) is 7.79. The minimum absolute atomic E-state index is 0.191. The van der Waals surface area contributed by atoms with E-state index in [1.54, 1.807) is 23.9 Å². The van der Waals surface area contributed by atoms with Crippen molar-refractivity contribution in [2.75, 3.05) is 11.4 Å². The number of benzene rings is 1. The number of aromatic nitrogens is 2. The Morgan fingerprint density at radius 1 is 1.38 bits per heavy atom. The number of nitrogens with zero attached hydrogens (tertiary/aromatic N) is 3. The van der Waals surface area contributed by atoms with Crippen LogP contribution in [0.15, 0.2) is 24.3 Å². The second-order valence-electron chi connectivity index (χ2n) is 5.90. The first kappa shape index (κ1) is 16.2. The van der Waals surface area contributed by atoms with Gasteiger partial charge in [0.15, 0.2) is 0 Å². The fourth-order valence-electron chi connectivity index (χ4n) is 2.95. The number of carbonyl (C=O) groups is 2. The number of rotatable bonds is 4. The molecule has 7 heteroatoms. The number of para-hydroxylation sites is 1. The molecule has 126 valence electrons. The fourth-order valence-corrected chi connectivity index (χ4v) is 2.95. The summed E-state index contributed by atoms with van der Waals surface area (Å²) < 4.78 is 15.8. The summed E-state index contributed by atoms with van der Waals surface area (Å²) in [5.74, 6) is -1.05. The molecule has 2 amide bonds. The van der Waals surface area contributed by atoms with Gasteiger partial charge in [-0.05, 0) is 31.0 Å². The number of anilines is 1. The number of hydrogen-bond acceptors (Lipinski definition) is 3. The summed E-state index contributed by atoms with van der Waals surface area (Å²) in [6.07, 6.45) is 0.781. The molecule has 0 atom stereocenters. The summed E-state index contributed by atoms with van der Waals surface area (Å²) in [6.45, 7) is 1.99. The van der Waals surface area contributed by atoms with Crippen molar-refractivity contribution in [3.05, 3.63) is 47.0 Å². The molecule has 0 aliphatic carbocycles.